The first kappa shape index (κ1) is 18.6. The van der Waals surface area contributed by atoms with Gasteiger partial charge in [0.25, 0.3) is 11.4 Å². The lowest BCUT2D eigenvalue weighted by molar-refractivity contribution is -0.385. The Labute approximate surface area is 144 Å². The van der Waals surface area contributed by atoms with E-state index in [9.17, 15) is 20.2 Å². The van der Waals surface area contributed by atoms with Gasteiger partial charge >= 0.3 is 0 Å². The maximum atomic E-state index is 10.3. The van der Waals surface area contributed by atoms with Crippen LogP contribution in [0.5, 0.6) is 0 Å². The van der Waals surface area contributed by atoms with E-state index in [1.165, 1.54) is 36.4 Å². The van der Waals surface area contributed by atoms with Crippen molar-refractivity contribution in [2.24, 2.45) is 0 Å². The maximum absolute atomic E-state index is 10.3. The first-order valence-corrected chi connectivity index (χ1v) is 6.84. The molecule has 0 atom stereocenters. The number of hydrogen-bond acceptors (Lipinski definition) is 5. The van der Waals surface area contributed by atoms with E-state index in [0.29, 0.717) is 0 Å². The lowest BCUT2D eigenvalue weighted by Gasteiger charge is -1.94. The summed E-state index contributed by atoms with van der Waals surface area (Å²) in [6.45, 7) is 0. The minimum Gasteiger partial charge on any atom is -0.258 e. The third kappa shape index (κ3) is 4.79. The van der Waals surface area contributed by atoms with E-state index in [1.807, 2.05) is 0 Å². The number of rotatable bonds is 2. The number of nitro groups is 2. The number of nitriles is 1. The van der Waals surface area contributed by atoms with Gasteiger partial charge in [-0.3, -0.25) is 20.2 Å². The molecule has 0 amide bonds. The zero-order valence-corrected chi connectivity index (χ0v) is 13.3. The predicted octanol–water partition coefficient (Wildman–Crippen LogP) is 5.02. The van der Waals surface area contributed by atoms with Crippen LogP contribution in [0, 0.1) is 31.6 Å². The van der Waals surface area contributed by atoms with Crippen molar-refractivity contribution in [1.29, 1.82) is 5.26 Å². The van der Waals surface area contributed by atoms with Gasteiger partial charge in [0.05, 0.1) is 19.9 Å². The Hall–Kier alpha value is -2.40. The van der Waals surface area contributed by atoms with Crippen LogP contribution in [0.3, 0.4) is 0 Å². The van der Waals surface area contributed by atoms with E-state index >= 15 is 0 Å². The highest BCUT2D eigenvalue weighted by molar-refractivity contribution is 6.43. The SMILES string of the molecule is N#Cc1c(Cl)cccc1[N+](=O)[O-].O=[N+]([O-])c1cccc(Cl)c1Cl. The number of benzene rings is 2. The van der Waals surface area contributed by atoms with Crippen LogP contribution in [0.2, 0.25) is 15.1 Å². The van der Waals surface area contributed by atoms with Gasteiger partial charge in [-0.1, -0.05) is 46.9 Å². The van der Waals surface area contributed by atoms with E-state index in [-0.39, 0.29) is 32.0 Å². The fourth-order valence-electron chi connectivity index (χ4n) is 1.41. The molecule has 2 aromatic rings. The molecule has 0 heterocycles. The molecule has 0 N–H and O–H groups in total. The van der Waals surface area contributed by atoms with Gasteiger partial charge in [-0.2, -0.15) is 5.26 Å². The first-order valence-electron chi connectivity index (χ1n) is 5.71. The molecule has 0 radical (unpaired) electrons. The molecule has 0 aromatic heterocycles. The van der Waals surface area contributed by atoms with Crippen LogP contribution in [0.25, 0.3) is 0 Å². The minimum absolute atomic E-state index is 0.0147. The molecule has 0 spiro atoms. The van der Waals surface area contributed by atoms with Gasteiger partial charge in [0.1, 0.15) is 16.7 Å². The second-order valence-corrected chi connectivity index (χ2v) is 5.03. The normalized spacial score (nSPS) is 9.30. The molecular formula is C13H6Cl3N3O4. The van der Waals surface area contributed by atoms with Crippen LogP contribution in [0.4, 0.5) is 11.4 Å². The van der Waals surface area contributed by atoms with Crippen molar-refractivity contribution in [3.05, 3.63) is 77.3 Å². The lowest BCUT2D eigenvalue weighted by Crippen LogP contribution is -1.91. The van der Waals surface area contributed by atoms with Crippen molar-refractivity contribution < 1.29 is 9.85 Å². The highest BCUT2D eigenvalue weighted by atomic mass is 35.5. The van der Waals surface area contributed by atoms with E-state index in [0.717, 1.165) is 0 Å². The number of nitro benzene ring substituents is 2. The molecule has 10 heteroatoms. The first-order chi connectivity index (χ1) is 10.8. The fraction of sp³-hybridized carbons (Fsp3) is 0. The van der Waals surface area contributed by atoms with Crippen LogP contribution in [0.15, 0.2) is 36.4 Å². The van der Waals surface area contributed by atoms with Gasteiger partial charge in [-0.15, -0.1) is 0 Å². The van der Waals surface area contributed by atoms with E-state index < -0.39 is 9.85 Å². The van der Waals surface area contributed by atoms with Gasteiger partial charge in [-0.05, 0) is 12.1 Å². The quantitative estimate of drug-likeness (QED) is 0.541. The van der Waals surface area contributed by atoms with Crippen LogP contribution < -0.4 is 0 Å². The number of hydrogen-bond donors (Lipinski definition) is 0. The summed E-state index contributed by atoms with van der Waals surface area (Å²) < 4.78 is 0. The molecule has 0 aliphatic heterocycles. The van der Waals surface area contributed by atoms with Crippen molar-refractivity contribution in [1.82, 2.24) is 0 Å². The molecule has 0 aliphatic carbocycles. The van der Waals surface area contributed by atoms with Crippen molar-refractivity contribution >= 4 is 46.2 Å². The molecule has 23 heavy (non-hydrogen) atoms. The topological polar surface area (TPSA) is 110 Å². The Balaban J connectivity index is 0.000000231. The summed E-state index contributed by atoms with van der Waals surface area (Å²) >= 11 is 16.6. The summed E-state index contributed by atoms with van der Waals surface area (Å²) in [6.07, 6.45) is 0. The number of halogens is 3. The highest BCUT2D eigenvalue weighted by Crippen LogP contribution is 2.30. The summed E-state index contributed by atoms with van der Waals surface area (Å²) in [5.74, 6) is 0. The van der Waals surface area contributed by atoms with Gasteiger partial charge in [0.2, 0.25) is 0 Å². The fourth-order valence-corrected chi connectivity index (χ4v) is 1.99. The average molecular weight is 375 g/mol. The Morgan fingerprint density at radius 2 is 1.35 bits per heavy atom. The molecule has 0 saturated heterocycles. The number of nitrogens with zero attached hydrogens (tertiary/aromatic N) is 3. The molecule has 0 unspecified atom stereocenters. The van der Waals surface area contributed by atoms with Crippen LogP contribution in [-0.2, 0) is 0 Å². The zero-order chi connectivity index (χ0) is 17.6. The van der Waals surface area contributed by atoms with Crippen molar-refractivity contribution in [2.75, 3.05) is 0 Å². The van der Waals surface area contributed by atoms with Gasteiger partial charge in [-0.25, -0.2) is 0 Å². The van der Waals surface area contributed by atoms with Gasteiger partial charge in [0.15, 0.2) is 0 Å². The highest BCUT2D eigenvalue weighted by Gasteiger charge is 2.15. The molecule has 0 bridgehead atoms. The monoisotopic (exact) mass is 373 g/mol. The van der Waals surface area contributed by atoms with E-state index in [1.54, 1.807) is 6.07 Å². The van der Waals surface area contributed by atoms with E-state index in [2.05, 4.69) is 0 Å². The van der Waals surface area contributed by atoms with Crippen molar-refractivity contribution in [3.63, 3.8) is 0 Å². The molecular weight excluding hydrogens is 369 g/mol. The van der Waals surface area contributed by atoms with Crippen molar-refractivity contribution in [3.8, 4) is 6.07 Å². The molecule has 2 rings (SSSR count). The summed E-state index contributed by atoms with van der Waals surface area (Å²) in [5, 5.41) is 29.4. The Morgan fingerprint density at radius 3 is 1.74 bits per heavy atom. The zero-order valence-electron chi connectivity index (χ0n) is 11.1. The van der Waals surface area contributed by atoms with Crippen LogP contribution >= 0.6 is 34.8 Å². The molecule has 118 valence electrons. The molecule has 0 aliphatic rings. The third-order valence-electron chi connectivity index (χ3n) is 2.43. The summed E-state index contributed by atoms with van der Waals surface area (Å²) in [7, 11) is 0. The van der Waals surface area contributed by atoms with Crippen molar-refractivity contribution in [2.45, 2.75) is 0 Å². The lowest BCUT2D eigenvalue weighted by atomic mass is 10.2. The Kier molecular flexibility index (Phi) is 6.72. The molecule has 7 nitrogen and oxygen atoms in total. The van der Waals surface area contributed by atoms with Gasteiger partial charge < -0.3 is 0 Å². The maximum Gasteiger partial charge on any atom is 0.289 e. The second-order valence-electron chi connectivity index (χ2n) is 3.83. The van der Waals surface area contributed by atoms with Gasteiger partial charge in [0, 0.05) is 12.1 Å². The van der Waals surface area contributed by atoms with Crippen LogP contribution in [-0.4, -0.2) is 9.85 Å². The van der Waals surface area contributed by atoms with E-state index in [4.69, 9.17) is 40.1 Å². The third-order valence-corrected chi connectivity index (χ3v) is 3.55. The standard InChI is InChI=1S/C7H3ClN2O2.C6H3Cl2NO2/c8-6-2-1-3-7(10(11)12)5(6)4-9;7-4-2-1-3-5(6(4)8)9(10)11/h1-3H;1-3H. The second kappa shape index (κ2) is 8.29. The Morgan fingerprint density at radius 1 is 0.870 bits per heavy atom. The van der Waals surface area contributed by atoms with Crippen LogP contribution in [0.1, 0.15) is 5.56 Å². The average Bonchev–Trinajstić information content (AvgIpc) is 2.50. The molecule has 0 fully saturated rings. The predicted molar refractivity (Wildman–Crippen MR) is 85.9 cm³/mol. The molecule has 2 aromatic carbocycles. The summed E-state index contributed by atoms with van der Waals surface area (Å²) in [4.78, 5) is 19.4. The Bertz CT molecular complexity index is 806. The summed E-state index contributed by atoms with van der Waals surface area (Å²) in [6, 6.07) is 10.1. The largest absolute Gasteiger partial charge is 0.289 e. The molecule has 0 saturated carbocycles. The summed E-state index contributed by atoms with van der Waals surface area (Å²) in [5.41, 5.74) is -0.520. The smallest absolute Gasteiger partial charge is 0.258 e. The minimum atomic E-state index is -0.634.